The predicted molar refractivity (Wildman–Crippen MR) is 201 cm³/mol. The normalized spacial score (nSPS) is 15.1. The summed E-state index contributed by atoms with van der Waals surface area (Å²) in [6.45, 7) is 9.20. The summed E-state index contributed by atoms with van der Waals surface area (Å²) in [6, 6.07) is 32.8. The molecule has 11 rings (SSSR count). The minimum absolute atomic E-state index is 0.153. The average molecular weight is 645 g/mol. The van der Waals surface area contributed by atoms with Crippen molar-refractivity contribution in [2.75, 3.05) is 0 Å². The number of benzene rings is 4. The van der Waals surface area contributed by atoms with Crippen LogP contribution in [0, 0.1) is 0 Å². The van der Waals surface area contributed by atoms with E-state index < -0.39 is 0 Å². The molecule has 0 atom stereocenters. The van der Waals surface area contributed by atoms with E-state index in [0.717, 1.165) is 38.5 Å². The fourth-order valence-corrected chi connectivity index (χ4v) is 8.97. The zero-order valence-corrected chi connectivity index (χ0v) is 28.2. The molecule has 7 heterocycles. The highest BCUT2D eigenvalue weighted by Gasteiger charge is 2.36. The number of hydrogen-bond acceptors (Lipinski definition) is 4. The predicted octanol–water partition coefficient (Wildman–Crippen LogP) is 10.1. The molecule has 6 heteroatoms. The Labute approximate surface area is 288 Å². The molecule has 0 aliphatic carbocycles. The maximum Gasteiger partial charge on any atom is 0.159 e. The minimum Gasteiger partial charge on any atom is -0.309 e. The standard InChI is InChI=1S/C44H32N6/c1-43(2)31-9-5-7-11-38(31)49-36-15-13-25(19-27(36)29-21-45-23-33(43)40(29)49)35-17-18-47-42(48-35)26-14-16-37-28(20-26)30-22-46-24-34-41(30)50(37)39-12-8-6-10-32(39)44(34,3)4/h5-24H,1-4H3. The molecule has 6 nitrogen and oxygen atoms in total. The highest BCUT2D eigenvalue weighted by atomic mass is 15.0. The van der Waals surface area contributed by atoms with E-state index in [4.69, 9.17) is 19.9 Å². The van der Waals surface area contributed by atoms with Crippen LogP contribution in [0.25, 0.3) is 77.6 Å². The first-order chi connectivity index (χ1) is 24.3. The highest BCUT2D eigenvalue weighted by Crippen LogP contribution is 2.49. The Kier molecular flexibility index (Phi) is 5.17. The van der Waals surface area contributed by atoms with Crippen LogP contribution in [0.1, 0.15) is 49.9 Å². The molecule has 0 unspecified atom stereocenters. The van der Waals surface area contributed by atoms with E-state index in [1.165, 1.54) is 55.6 Å². The number of pyridine rings is 2. The van der Waals surface area contributed by atoms with Crippen LogP contribution in [-0.4, -0.2) is 29.1 Å². The summed E-state index contributed by atoms with van der Waals surface area (Å²) in [5.41, 5.74) is 15.0. The van der Waals surface area contributed by atoms with Gasteiger partial charge in [-0.15, -0.1) is 0 Å². The molecule has 0 saturated carbocycles. The van der Waals surface area contributed by atoms with Gasteiger partial charge in [0.25, 0.3) is 0 Å². The maximum atomic E-state index is 5.16. The van der Waals surface area contributed by atoms with Gasteiger partial charge >= 0.3 is 0 Å². The van der Waals surface area contributed by atoms with Gasteiger partial charge in [-0.05, 0) is 59.7 Å². The van der Waals surface area contributed by atoms with Crippen LogP contribution in [0.15, 0.2) is 122 Å². The quantitative estimate of drug-likeness (QED) is 0.188. The third-order valence-electron chi connectivity index (χ3n) is 11.5. The number of aromatic nitrogens is 6. The van der Waals surface area contributed by atoms with Gasteiger partial charge in [-0.25, -0.2) is 9.97 Å². The van der Waals surface area contributed by atoms with E-state index in [1.807, 2.05) is 37.1 Å². The summed E-state index contributed by atoms with van der Waals surface area (Å²) in [7, 11) is 0. The smallest absolute Gasteiger partial charge is 0.159 e. The van der Waals surface area contributed by atoms with E-state index in [2.05, 4.69) is 122 Å². The monoisotopic (exact) mass is 644 g/mol. The lowest BCUT2D eigenvalue weighted by Crippen LogP contribution is -2.26. The molecule has 0 fully saturated rings. The van der Waals surface area contributed by atoms with Crippen molar-refractivity contribution in [2.24, 2.45) is 0 Å². The maximum absolute atomic E-state index is 5.16. The highest BCUT2D eigenvalue weighted by molar-refractivity contribution is 6.13. The van der Waals surface area contributed by atoms with Gasteiger partial charge in [-0.3, -0.25) is 9.97 Å². The van der Waals surface area contributed by atoms with Gasteiger partial charge in [0.05, 0.1) is 39.1 Å². The van der Waals surface area contributed by atoms with Crippen molar-refractivity contribution >= 4 is 43.6 Å². The lowest BCUT2D eigenvalue weighted by atomic mass is 9.75. The van der Waals surface area contributed by atoms with Crippen molar-refractivity contribution in [3.05, 3.63) is 144 Å². The van der Waals surface area contributed by atoms with Gasteiger partial charge < -0.3 is 9.13 Å². The summed E-state index contributed by atoms with van der Waals surface area (Å²) >= 11 is 0. The van der Waals surface area contributed by atoms with Crippen molar-refractivity contribution in [3.8, 4) is 34.0 Å². The molecule has 0 amide bonds. The molecule has 0 bridgehead atoms. The van der Waals surface area contributed by atoms with Crippen LogP contribution in [0.5, 0.6) is 0 Å². The summed E-state index contributed by atoms with van der Waals surface area (Å²) in [4.78, 5) is 19.4. The fraction of sp³-hybridized carbons (Fsp3) is 0.136. The third kappa shape index (κ3) is 3.38. The molecule has 50 heavy (non-hydrogen) atoms. The van der Waals surface area contributed by atoms with Gasteiger partial charge in [-0.2, -0.15) is 0 Å². The Morgan fingerprint density at radius 2 is 1.02 bits per heavy atom. The molecule has 2 aliphatic rings. The van der Waals surface area contributed by atoms with Gasteiger partial charge in [-0.1, -0.05) is 70.2 Å². The van der Waals surface area contributed by atoms with Crippen molar-refractivity contribution in [3.63, 3.8) is 0 Å². The van der Waals surface area contributed by atoms with E-state index in [1.54, 1.807) is 0 Å². The topological polar surface area (TPSA) is 61.4 Å². The molecular formula is C44H32N6. The Morgan fingerprint density at radius 1 is 0.500 bits per heavy atom. The molecule has 9 aromatic rings. The SMILES string of the molecule is CC1(C)c2ccccc2-n2c3ccc(-c4ccnc(-c5ccc6c(c5)c5cncc7c5n6-c5ccccc5C7(C)C)n4)cc3c3cncc1c32. The number of para-hydroxylation sites is 2. The van der Waals surface area contributed by atoms with Crippen LogP contribution >= 0.6 is 0 Å². The van der Waals surface area contributed by atoms with E-state index in [-0.39, 0.29) is 10.8 Å². The summed E-state index contributed by atoms with van der Waals surface area (Å²) in [5, 5.41) is 4.63. The van der Waals surface area contributed by atoms with Crippen LogP contribution < -0.4 is 0 Å². The molecule has 4 aromatic carbocycles. The van der Waals surface area contributed by atoms with Crippen molar-refractivity contribution in [1.82, 2.24) is 29.1 Å². The fourth-order valence-electron chi connectivity index (χ4n) is 8.97. The number of rotatable bonds is 2. The first-order valence-corrected chi connectivity index (χ1v) is 17.2. The molecule has 238 valence electrons. The van der Waals surface area contributed by atoms with E-state index >= 15 is 0 Å². The second-order valence-corrected chi connectivity index (χ2v) is 14.9. The van der Waals surface area contributed by atoms with Crippen molar-refractivity contribution < 1.29 is 0 Å². The average Bonchev–Trinajstić information content (AvgIpc) is 3.66. The van der Waals surface area contributed by atoms with Crippen LogP contribution in [0.2, 0.25) is 0 Å². The second kappa shape index (κ2) is 9.30. The zero-order valence-electron chi connectivity index (χ0n) is 28.2. The molecule has 0 N–H and O–H groups in total. The van der Waals surface area contributed by atoms with Crippen LogP contribution in [0.3, 0.4) is 0 Å². The van der Waals surface area contributed by atoms with Gasteiger partial charge in [0.15, 0.2) is 5.82 Å². The Bertz CT molecular complexity index is 2740. The molecular weight excluding hydrogens is 613 g/mol. The Hall–Kier alpha value is -6.14. The van der Waals surface area contributed by atoms with Crippen LogP contribution in [-0.2, 0) is 10.8 Å². The Morgan fingerprint density at radius 3 is 1.60 bits per heavy atom. The lowest BCUT2D eigenvalue weighted by molar-refractivity contribution is 0.627. The van der Waals surface area contributed by atoms with E-state index in [9.17, 15) is 0 Å². The summed E-state index contributed by atoms with van der Waals surface area (Å²) < 4.78 is 4.83. The molecule has 0 radical (unpaired) electrons. The molecule has 2 aliphatic heterocycles. The molecule has 0 spiro atoms. The molecule has 0 saturated heterocycles. The number of fused-ring (bicyclic) bond motifs is 10. The van der Waals surface area contributed by atoms with Crippen LogP contribution in [0.4, 0.5) is 0 Å². The van der Waals surface area contributed by atoms with Crippen molar-refractivity contribution in [2.45, 2.75) is 38.5 Å². The summed E-state index contributed by atoms with van der Waals surface area (Å²) in [5.74, 6) is 0.699. The van der Waals surface area contributed by atoms with E-state index in [0.29, 0.717) is 5.82 Å². The first-order valence-electron chi connectivity index (χ1n) is 17.2. The second-order valence-electron chi connectivity index (χ2n) is 14.9. The Balaban J connectivity index is 1.08. The first kappa shape index (κ1) is 27.8. The minimum atomic E-state index is -0.157. The largest absolute Gasteiger partial charge is 0.309 e. The number of hydrogen-bond donors (Lipinski definition) is 0. The van der Waals surface area contributed by atoms with Gasteiger partial charge in [0, 0.05) is 85.6 Å². The third-order valence-corrected chi connectivity index (χ3v) is 11.5. The lowest BCUT2D eigenvalue weighted by Gasteiger charge is -2.34. The molecule has 5 aromatic heterocycles. The van der Waals surface area contributed by atoms with Gasteiger partial charge in [0.1, 0.15) is 0 Å². The number of nitrogens with zero attached hydrogens (tertiary/aromatic N) is 6. The van der Waals surface area contributed by atoms with Crippen molar-refractivity contribution in [1.29, 1.82) is 0 Å². The summed E-state index contributed by atoms with van der Waals surface area (Å²) in [6.07, 6.45) is 9.97. The van der Waals surface area contributed by atoms with Gasteiger partial charge in [0.2, 0.25) is 0 Å². The zero-order chi connectivity index (χ0) is 33.5.